The van der Waals surface area contributed by atoms with E-state index in [9.17, 15) is 0 Å². The van der Waals surface area contributed by atoms with Crippen LogP contribution in [0, 0.1) is 0 Å². The summed E-state index contributed by atoms with van der Waals surface area (Å²) in [6.45, 7) is 0. The van der Waals surface area contributed by atoms with E-state index in [2.05, 4.69) is 14.9 Å². The van der Waals surface area contributed by atoms with E-state index in [4.69, 9.17) is 30.8 Å². The molecule has 0 aromatic carbocycles. The first-order chi connectivity index (χ1) is 4.00. The molecule has 0 saturated heterocycles. The van der Waals surface area contributed by atoms with Crippen molar-refractivity contribution in [2.45, 2.75) is 0 Å². The molecule has 0 aliphatic heterocycles. The molecule has 0 amide bonds. The van der Waals surface area contributed by atoms with Crippen molar-refractivity contribution in [1.29, 1.82) is 0 Å². The standard InChI is InChI=1S/Cu.Na.H2O4S.H3O3S.H/c;;1-5(2,3)4;1-4(2)3;/h;;(H2,1,2,3,4);4H,(H2,1,2,3);. The molecular formula is H6CuNaO7S2. The van der Waals surface area contributed by atoms with Crippen LogP contribution in [-0.2, 0) is 34.2 Å². The topological polar surface area (TPSA) is 132 Å². The Kier molecular flexibility index (Phi) is 11.5. The molecule has 0 radical (unpaired) electrons. The van der Waals surface area contributed by atoms with E-state index in [0.29, 0.717) is 0 Å². The van der Waals surface area contributed by atoms with E-state index in [1.54, 1.807) is 0 Å². The number of hydrogen-bond acceptors (Lipinski definition) is 3. The minimum atomic E-state index is -4.67. The molecule has 0 fully saturated rings. The Hall–Kier alpha value is 1.46. The van der Waals surface area contributed by atoms with Gasteiger partial charge in [-0.1, -0.05) is 0 Å². The van der Waals surface area contributed by atoms with Crippen LogP contribution in [0.5, 0.6) is 0 Å². The Morgan fingerprint density at radius 1 is 1.18 bits per heavy atom. The monoisotopic (exact) mass is 268 g/mol. The number of rotatable bonds is 0. The van der Waals surface area contributed by atoms with Crippen molar-refractivity contribution in [1.82, 2.24) is 0 Å². The van der Waals surface area contributed by atoms with Crippen LogP contribution in [0.25, 0.3) is 0 Å². The summed E-state index contributed by atoms with van der Waals surface area (Å²) < 4.78 is 55.6. The van der Waals surface area contributed by atoms with Gasteiger partial charge in [0.25, 0.3) is 0 Å². The van der Waals surface area contributed by atoms with Crippen molar-refractivity contribution in [3.8, 4) is 0 Å². The average molecular weight is 269 g/mol. The molecule has 11 heteroatoms. The van der Waals surface area contributed by atoms with Crippen molar-refractivity contribution < 1.29 is 45.7 Å². The van der Waals surface area contributed by atoms with Gasteiger partial charge in [-0.05, 0) is 0 Å². The summed E-state index contributed by atoms with van der Waals surface area (Å²) in [6, 6.07) is 0. The second-order valence-electron chi connectivity index (χ2n) is 0.876. The van der Waals surface area contributed by atoms with Crippen LogP contribution in [0.1, 0.15) is 0 Å². The molecule has 0 heterocycles. The summed E-state index contributed by atoms with van der Waals surface area (Å²) in [6.07, 6.45) is 0. The van der Waals surface area contributed by atoms with E-state index < -0.39 is 19.3 Å². The molecule has 0 aliphatic rings. The third kappa shape index (κ3) is 481. The molecule has 0 rings (SSSR count). The average Bonchev–Trinajstić information content (AvgIpc) is 1.12. The van der Waals surface area contributed by atoms with Crippen LogP contribution in [0.4, 0.5) is 0 Å². The second kappa shape index (κ2) is 6.92. The van der Waals surface area contributed by atoms with Crippen LogP contribution in [0.15, 0.2) is 0 Å². The molecule has 7 nitrogen and oxygen atoms in total. The molecule has 0 aliphatic carbocycles. The molecule has 0 unspecified atom stereocenters. The Morgan fingerprint density at radius 2 is 1.18 bits per heavy atom. The molecular weight excluding hydrogens is 263 g/mol. The van der Waals surface area contributed by atoms with Crippen molar-refractivity contribution in [2.75, 3.05) is 0 Å². The zero-order valence-corrected chi connectivity index (χ0v) is 6.82. The van der Waals surface area contributed by atoms with Gasteiger partial charge in [-0.3, -0.25) is 9.11 Å². The third-order valence-electron chi connectivity index (χ3n) is 0. The predicted molar refractivity (Wildman–Crippen MR) is 36.1 cm³/mol. The van der Waals surface area contributed by atoms with Gasteiger partial charge in [-0.25, -0.2) is 0 Å². The number of hydrogen-bond donors (Lipinski definition) is 5. The van der Waals surface area contributed by atoms with Crippen molar-refractivity contribution in [3.05, 3.63) is 0 Å². The normalized spacial score (nSPS) is 12.2. The SMILES string of the molecule is O=S(=O)(O)O.O=[SH](O)(O)[Cu].[NaH]. The van der Waals surface area contributed by atoms with E-state index in [1.807, 2.05) is 0 Å². The molecule has 11 heavy (non-hydrogen) atoms. The van der Waals surface area contributed by atoms with Crippen LogP contribution >= 0.6 is 0 Å². The van der Waals surface area contributed by atoms with Crippen LogP contribution in [0.2, 0.25) is 0 Å². The summed E-state index contributed by atoms with van der Waals surface area (Å²) in [7, 11) is -8.74. The molecule has 0 aromatic heterocycles. The quantitative estimate of drug-likeness (QED) is 0.197. The van der Waals surface area contributed by atoms with Gasteiger partial charge < -0.3 is 0 Å². The Labute approximate surface area is 93.8 Å². The predicted octanol–water partition coefficient (Wildman–Crippen LogP) is -1.89. The van der Waals surface area contributed by atoms with Gasteiger partial charge in [0.1, 0.15) is 0 Å². The van der Waals surface area contributed by atoms with Gasteiger partial charge in [0.05, 0.1) is 0 Å². The molecule has 0 bridgehead atoms. The molecule has 0 spiro atoms. The maximum atomic E-state index is 9.13. The van der Waals surface area contributed by atoms with Crippen molar-refractivity contribution in [2.24, 2.45) is 0 Å². The summed E-state index contributed by atoms with van der Waals surface area (Å²) >= 11 is 3.62. The van der Waals surface area contributed by atoms with Crippen molar-refractivity contribution >= 4 is 48.9 Å². The maximum absolute atomic E-state index is 9.13. The van der Waals surface area contributed by atoms with Gasteiger partial charge in [0.2, 0.25) is 0 Å². The van der Waals surface area contributed by atoms with Crippen molar-refractivity contribution in [3.63, 3.8) is 0 Å². The first kappa shape index (κ1) is 18.3. The zero-order valence-electron chi connectivity index (χ0n) is 4.17. The fourth-order valence-electron chi connectivity index (χ4n) is 0. The van der Waals surface area contributed by atoms with E-state index in [0.717, 1.165) is 0 Å². The Morgan fingerprint density at radius 3 is 1.18 bits per heavy atom. The summed E-state index contributed by atoms with van der Waals surface area (Å²) in [5.74, 6) is 0. The van der Waals surface area contributed by atoms with Gasteiger partial charge in [-0.15, -0.1) is 0 Å². The minimum absolute atomic E-state index is 0. The van der Waals surface area contributed by atoms with Gasteiger partial charge in [-0.2, -0.15) is 8.42 Å². The fourth-order valence-corrected chi connectivity index (χ4v) is 0. The molecule has 0 aromatic rings. The van der Waals surface area contributed by atoms with Crippen LogP contribution in [0.3, 0.4) is 0 Å². The molecule has 0 saturated carbocycles. The van der Waals surface area contributed by atoms with Crippen LogP contribution < -0.4 is 0 Å². The molecule has 0 atom stereocenters. The zero-order chi connectivity index (χ0) is 9.00. The summed E-state index contributed by atoms with van der Waals surface area (Å²) in [4.78, 5) is 0. The van der Waals surface area contributed by atoms with Gasteiger partial charge in [0.15, 0.2) is 0 Å². The first-order valence-electron chi connectivity index (χ1n) is 1.42. The van der Waals surface area contributed by atoms with E-state index >= 15 is 0 Å². The van der Waals surface area contributed by atoms with E-state index in [1.165, 1.54) is 0 Å². The number of thiol groups is 1. The first-order valence-corrected chi connectivity index (χ1v) is 5.51. The summed E-state index contributed by atoms with van der Waals surface area (Å²) in [5.41, 5.74) is 0. The van der Waals surface area contributed by atoms with Gasteiger partial charge in [0, 0.05) is 0 Å². The molecule has 72 valence electrons. The fraction of sp³-hybridized carbons (Fsp3) is 0. The summed E-state index contributed by atoms with van der Waals surface area (Å²) in [5, 5.41) is 0. The third-order valence-corrected chi connectivity index (χ3v) is 0. The Balaban J connectivity index is -0.000000107. The van der Waals surface area contributed by atoms with Crippen LogP contribution in [-0.4, -0.2) is 60.4 Å². The Bertz CT molecular complexity index is 194. The second-order valence-corrected chi connectivity index (χ2v) is 4.27. The van der Waals surface area contributed by atoms with E-state index in [-0.39, 0.29) is 29.6 Å². The molecule has 4 N–H and O–H groups in total. The van der Waals surface area contributed by atoms with Gasteiger partial charge >= 0.3 is 77.1 Å².